The summed E-state index contributed by atoms with van der Waals surface area (Å²) in [6.07, 6.45) is 3.60. The Bertz CT molecular complexity index is 582. The lowest BCUT2D eigenvalue weighted by atomic mass is 10.2. The van der Waals surface area contributed by atoms with Crippen LogP contribution >= 0.6 is 22.7 Å². The predicted molar refractivity (Wildman–Crippen MR) is 79.1 cm³/mol. The maximum Gasteiger partial charge on any atom is 0.329 e. The average Bonchev–Trinajstić information content (AvgIpc) is 3.17. The third-order valence-corrected chi connectivity index (χ3v) is 5.10. The fourth-order valence-corrected chi connectivity index (χ4v) is 3.70. The minimum atomic E-state index is -0.200. The molecule has 1 saturated heterocycles. The van der Waals surface area contributed by atoms with Crippen molar-refractivity contribution in [3.8, 4) is 0 Å². The number of aromatic nitrogens is 2. The first-order valence-corrected chi connectivity index (χ1v) is 8.23. The molecule has 0 bridgehead atoms. The van der Waals surface area contributed by atoms with Gasteiger partial charge in [-0.25, -0.2) is 14.8 Å². The maximum absolute atomic E-state index is 12.3. The van der Waals surface area contributed by atoms with Gasteiger partial charge in [0.2, 0.25) is 0 Å². The van der Waals surface area contributed by atoms with E-state index < -0.39 is 0 Å². The van der Waals surface area contributed by atoms with E-state index >= 15 is 0 Å². The highest BCUT2D eigenvalue weighted by molar-refractivity contribution is 7.13. The Kier molecular flexibility index (Phi) is 3.98. The van der Waals surface area contributed by atoms with Crippen LogP contribution in [0.1, 0.15) is 23.4 Å². The second-order valence-electron chi connectivity index (χ2n) is 4.63. The molecule has 0 aromatic carbocycles. The van der Waals surface area contributed by atoms with E-state index in [-0.39, 0.29) is 12.0 Å². The molecule has 0 saturated carbocycles. The van der Waals surface area contributed by atoms with E-state index in [1.54, 1.807) is 23.0 Å². The number of esters is 1. The number of ether oxygens (including phenoxy) is 1. The molecule has 3 heterocycles. The van der Waals surface area contributed by atoms with Gasteiger partial charge in [0.05, 0.1) is 16.1 Å². The Morgan fingerprint density at radius 1 is 1.50 bits per heavy atom. The van der Waals surface area contributed by atoms with Gasteiger partial charge in [-0.2, -0.15) is 0 Å². The lowest BCUT2D eigenvalue weighted by Gasteiger charge is -2.22. The minimum Gasteiger partial charge on any atom is -0.458 e. The summed E-state index contributed by atoms with van der Waals surface area (Å²) in [5.41, 5.74) is 2.71. The smallest absolute Gasteiger partial charge is 0.329 e. The molecule has 1 aliphatic heterocycles. The number of hydrogen-bond donors (Lipinski definition) is 0. The molecule has 7 heteroatoms. The Hall–Kier alpha value is -1.47. The van der Waals surface area contributed by atoms with Gasteiger partial charge in [-0.15, -0.1) is 22.7 Å². The van der Waals surface area contributed by atoms with Gasteiger partial charge >= 0.3 is 5.97 Å². The van der Waals surface area contributed by atoms with Crippen molar-refractivity contribution < 1.29 is 9.53 Å². The molecule has 106 valence electrons. The third-order valence-electron chi connectivity index (χ3n) is 3.38. The van der Waals surface area contributed by atoms with Gasteiger partial charge in [-0.3, -0.25) is 0 Å². The van der Waals surface area contributed by atoms with Gasteiger partial charge in [0, 0.05) is 18.1 Å². The Balaban J connectivity index is 1.63. The Morgan fingerprint density at radius 2 is 2.40 bits per heavy atom. The average molecular weight is 309 g/mol. The number of aryl methyl sites for hydroxylation is 1. The Morgan fingerprint density at radius 3 is 3.10 bits per heavy atom. The molecule has 0 unspecified atom stereocenters. The molecule has 0 aliphatic carbocycles. The number of rotatable bonds is 4. The monoisotopic (exact) mass is 309 g/mol. The minimum absolute atomic E-state index is 0.162. The summed E-state index contributed by atoms with van der Waals surface area (Å²) >= 11 is 3.08. The molecule has 0 radical (unpaired) electrons. The number of hydrogen-bond acceptors (Lipinski definition) is 7. The molecule has 0 spiro atoms. The summed E-state index contributed by atoms with van der Waals surface area (Å²) in [4.78, 5) is 23.8. The first kappa shape index (κ1) is 13.5. The fraction of sp³-hybridized carbons (Fsp3) is 0.462. The summed E-state index contributed by atoms with van der Waals surface area (Å²) in [6.45, 7) is 3.11. The van der Waals surface area contributed by atoms with Crippen LogP contribution in [0.2, 0.25) is 0 Å². The van der Waals surface area contributed by atoms with Crippen LogP contribution in [0.25, 0.3) is 0 Å². The lowest BCUT2D eigenvalue weighted by molar-refractivity contribution is -0.146. The summed E-state index contributed by atoms with van der Waals surface area (Å²) < 4.78 is 5.45. The number of anilines is 1. The van der Waals surface area contributed by atoms with Crippen LogP contribution in [0.3, 0.4) is 0 Å². The molecular weight excluding hydrogens is 294 g/mol. The van der Waals surface area contributed by atoms with Gasteiger partial charge in [0.1, 0.15) is 12.6 Å². The summed E-state index contributed by atoms with van der Waals surface area (Å²) in [5.74, 6) is -0.162. The molecule has 5 nitrogen and oxygen atoms in total. The van der Waals surface area contributed by atoms with E-state index in [1.807, 2.05) is 17.2 Å². The van der Waals surface area contributed by atoms with Crippen molar-refractivity contribution in [3.05, 3.63) is 27.7 Å². The number of carbonyl (C=O) groups excluding carboxylic acids is 1. The van der Waals surface area contributed by atoms with E-state index in [4.69, 9.17) is 4.74 Å². The van der Waals surface area contributed by atoms with E-state index in [0.717, 1.165) is 35.1 Å². The molecule has 20 heavy (non-hydrogen) atoms. The molecule has 2 aromatic heterocycles. The number of carbonyl (C=O) groups is 1. The SMILES string of the molecule is Cc1ncsc1COC(=O)[C@@H]1CCCN1c1nccs1. The summed E-state index contributed by atoms with van der Waals surface area (Å²) in [5, 5.41) is 2.83. The highest BCUT2D eigenvalue weighted by Gasteiger charge is 2.33. The first-order chi connectivity index (χ1) is 9.75. The van der Waals surface area contributed by atoms with Gasteiger partial charge < -0.3 is 9.64 Å². The highest BCUT2D eigenvalue weighted by atomic mass is 32.1. The van der Waals surface area contributed by atoms with Gasteiger partial charge in [0.25, 0.3) is 0 Å². The van der Waals surface area contributed by atoms with Crippen molar-refractivity contribution >= 4 is 33.8 Å². The zero-order chi connectivity index (χ0) is 13.9. The zero-order valence-corrected chi connectivity index (χ0v) is 12.7. The quantitative estimate of drug-likeness (QED) is 0.813. The normalized spacial score (nSPS) is 18.4. The van der Waals surface area contributed by atoms with Crippen LogP contribution in [-0.2, 0) is 16.1 Å². The van der Waals surface area contributed by atoms with Crippen LogP contribution < -0.4 is 4.90 Å². The summed E-state index contributed by atoms with van der Waals surface area (Å²) in [7, 11) is 0. The van der Waals surface area contributed by atoms with Crippen molar-refractivity contribution in [2.24, 2.45) is 0 Å². The molecule has 1 aliphatic rings. The van der Waals surface area contributed by atoms with E-state index in [9.17, 15) is 4.79 Å². The van der Waals surface area contributed by atoms with E-state index in [2.05, 4.69) is 9.97 Å². The van der Waals surface area contributed by atoms with Crippen LogP contribution in [0.15, 0.2) is 17.1 Å². The van der Waals surface area contributed by atoms with Crippen molar-refractivity contribution in [2.45, 2.75) is 32.4 Å². The van der Waals surface area contributed by atoms with Crippen LogP contribution in [0, 0.1) is 6.92 Å². The maximum atomic E-state index is 12.3. The fourth-order valence-electron chi connectivity index (χ4n) is 2.30. The Labute approximate surface area is 125 Å². The van der Waals surface area contributed by atoms with Crippen molar-refractivity contribution in [1.29, 1.82) is 0 Å². The zero-order valence-electron chi connectivity index (χ0n) is 11.1. The van der Waals surface area contributed by atoms with Crippen LogP contribution in [0.5, 0.6) is 0 Å². The lowest BCUT2D eigenvalue weighted by Crippen LogP contribution is -2.37. The van der Waals surface area contributed by atoms with E-state index in [1.165, 1.54) is 11.3 Å². The molecule has 2 aromatic rings. The van der Waals surface area contributed by atoms with Crippen molar-refractivity contribution in [3.63, 3.8) is 0 Å². The topological polar surface area (TPSA) is 55.3 Å². The van der Waals surface area contributed by atoms with E-state index in [0.29, 0.717) is 6.61 Å². The first-order valence-electron chi connectivity index (χ1n) is 6.47. The molecule has 1 fully saturated rings. The van der Waals surface area contributed by atoms with Gasteiger partial charge in [-0.1, -0.05) is 0 Å². The van der Waals surface area contributed by atoms with Crippen LogP contribution in [-0.4, -0.2) is 28.5 Å². The second kappa shape index (κ2) is 5.88. The largest absolute Gasteiger partial charge is 0.458 e. The molecular formula is C13H15N3O2S2. The summed E-state index contributed by atoms with van der Waals surface area (Å²) in [6, 6.07) is -0.200. The predicted octanol–water partition coefficient (Wildman–Crippen LogP) is 2.62. The van der Waals surface area contributed by atoms with Crippen molar-refractivity contribution in [1.82, 2.24) is 9.97 Å². The van der Waals surface area contributed by atoms with Crippen molar-refractivity contribution in [2.75, 3.05) is 11.4 Å². The van der Waals surface area contributed by atoms with Gasteiger partial charge in [-0.05, 0) is 19.8 Å². The van der Waals surface area contributed by atoms with Gasteiger partial charge in [0.15, 0.2) is 5.13 Å². The highest BCUT2D eigenvalue weighted by Crippen LogP contribution is 2.28. The standard InChI is InChI=1S/C13H15N3O2S2/c1-9-11(20-8-15-9)7-18-12(17)10-3-2-5-16(10)13-14-4-6-19-13/h4,6,8,10H,2-3,5,7H2,1H3/t10-/m0/s1. The molecule has 0 amide bonds. The second-order valence-corrected chi connectivity index (χ2v) is 6.45. The number of thiazole rings is 2. The number of nitrogens with zero attached hydrogens (tertiary/aromatic N) is 3. The molecule has 1 atom stereocenters. The third kappa shape index (κ3) is 2.69. The van der Waals surface area contributed by atoms with Crippen LogP contribution in [0.4, 0.5) is 5.13 Å². The molecule has 3 rings (SSSR count). The molecule has 0 N–H and O–H groups in total.